The summed E-state index contributed by atoms with van der Waals surface area (Å²) in [6.45, 7) is 5.69. The number of hydrogen-bond acceptors (Lipinski definition) is 3. The number of nitrogens with zero attached hydrogens (tertiary/aromatic N) is 3. The second kappa shape index (κ2) is 5.88. The molecule has 0 spiro atoms. The van der Waals surface area contributed by atoms with Gasteiger partial charge >= 0.3 is 0 Å². The van der Waals surface area contributed by atoms with E-state index in [9.17, 15) is 8.42 Å². The van der Waals surface area contributed by atoms with E-state index in [0.29, 0.717) is 24.0 Å². The van der Waals surface area contributed by atoms with Crippen molar-refractivity contribution in [2.75, 3.05) is 19.6 Å². The van der Waals surface area contributed by atoms with Crippen LogP contribution in [-0.4, -0.2) is 48.8 Å². The molecule has 0 amide bonds. The topological polar surface area (TPSA) is 53.0 Å². The lowest BCUT2D eigenvalue weighted by molar-refractivity contribution is 0.504. The highest BCUT2D eigenvalue weighted by Crippen LogP contribution is 2.16. The summed E-state index contributed by atoms with van der Waals surface area (Å²) in [5, 5.41) is 0.636. The van der Waals surface area contributed by atoms with Crippen molar-refractivity contribution in [1.82, 2.24) is 9.80 Å². The van der Waals surface area contributed by atoms with Gasteiger partial charge in [0.15, 0.2) is 5.11 Å². The molecule has 20 heavy (non-hydrogen) atoms. The number of hydrogen-bond donors (Lipinski definition) is 0. The maximum absolute atomic E-state index is 12.3. The maximum atomic E-state index is 12.3. The van der Waals surface area contributed by atoms with Crippen molar-refractivity contribution >= 4 is 33.2 Å². The molecular weight excluding hydrogens is 294 g/mol. The second-order valence-electron chi connectivity index (χ2n) is 4.34. The normalized spacial score (nSPS) is 18.1. The summed E-state index contributed by atoms with van der Waals surface area (Å²) in [6.07, 6.45) is 0. The Balaban J connectivity index is 2.37. The third-order valence-corrected chi connectivity index (χ3v) is 4.91. The van der Waals surface area contributed by atoms with Crippen molar-refractivity contribution < 1.29 is 8.42 Å². The molecule has 7 heteroatoms. The highest BCUT2D eigenvalue weighted by Gasteiger charge is 2.30. The highest BCUT2D eigenvalue weighted by molar-refractivity contribution is 7.90. The van der Waals surface area contributed by atoms with Crippen LogP contribution in [-0.2, 0) is 10.0 Å². The molecule has 1 aliphatic rings. The van der Waals surface area contributed by atoms with E-state index in [-0.39, 0.29) is 4.90 Å². The van der Waals surface area contributed by atoms with Crippen molar-refractivity contribution in [2.45, 2.75) is 18.7 Å². The van der Waals surface area contributed by atoms with Crippen LogP contribution in [0.4, 0.5) is 0 Å². The van der Waals surface area contributed by atoms with E-state index in [0.717, 1.165) is 6.54 Å². The van der Waals surface area contributed by atoms with Gasteiger partial charge in [0.1, 0.15) is 5.84 Å². The number of amidine groups is 1. The van der Waals surface area contributed by atoms with Crippen LogP contribution in [0.5, 0.6) is 0 Å². The number of sulfonamides is 1. The van der Waals surface area contributed by atoms with Crippen molar-refractivity contribution in [1.29, 1.82) is 0 Å². The molecule has 0 atom stereocenters. The molecule has 108 valence electrons. The van der Waals surface area contributed by atoms with Gasteiger partial charge in [-0.2, -0.15) is 8.42 Å². The van der Waals surface area contributed by atoms with Crippen molar-refractivity contribution in [3.63, 3.8) is 0 Å². The van der Waals surface area contributed by atoms with Crippen LogP contribution in [0.2, 0.25) is 0 Å². The van der Waals surface area contributed by atoms with E-state index < -0.39 is 10.0 Å². The van der Waals surface area contributed by atoms with Gasteiger partial charge in [-0.15, -0.1) is 4.40 Å². The van der Waals surface area contributed by atoms with E-state index in [2.05, 4.69) is 4.40 Å². The van der Waals surface area contributed by atoms with E-state index in [1.54, 1.807) is 35.2 Å². The van der Waals surface area contributed by atoms with Gasteiger partial charge in [0, 0.05) is 13.1 Å². The molecule has 2 rings (SSSR count). The summed E-state index contributed by atoms with van der Waals surface area (Å²) in [5.74, 6) is 0.489. The van der Waals surface area contributed by atoms with Crippen LogP contribution in [0, 0.1) is 0 Å². The average Bonchev–Trinajstić information content (AvgIpc) is 2.74. The van der Waals surface area contributed by atoms with Crippen molar-refractivity contribution in [2.24, 2.45) is 4.40 Å². The molecule has 1 heterocycles. The van der Waals surface area contributed by atoms with E-state index in [4.69, 9.17) is 12.2 Å². The quantitative estimate of drug-likeness (QED) is 0.793. The van der Waals surface area contributed by atoms with Gasteiger partial charge in [0.25, 0.3) is 10.0 Å². The summed E-state index contributed by atoms with van der Waals surface area (Å²) >= 11 is 5.32. The Morgan fingerprint density at radius 2 is 1.85 bits per heavy atom. The lowest BCUT2D eigenvalue weighted by Gasteiger charge is -2.17. The van der Waals surface area contributed by atoms with Gasteiger partial charge in [-0.25, -0.2) is 0 Å². The zero-order valence-corrected chi connectivity index (χ0v) is 13.1. The fraction of sp³-hybridized carbons (Fsp3) is 0.385. The number of rotatable bonds is 4. The summed E-state index contributed by atoms with van der Waals surface area (Å²) in [4.78, 5) is 3.89. The average molecular weight is 311 g/mol. The fourth-order valence-corrected chi connectivity index (χ4v) is 3.50. The first-order chi connectivity index (χ1) is 9.49. The van der Waals surface area contributed by atoms with Gasteiger partial charge in [-0.05, 0) is 38.2 Å². The van der Waals surface area contributed by atoms with E-state index in [1.165, 1.54) is 0 Å². The number of thiocarbonyl (C=S) groups is 1. The Kier molecular flexibility index (Phi) is 4.39. The largest absolute Gasteiger partial charge is 0.342 e. The molecule has 1 aromatic carbocycles. The Morgan fingerprint density at radius 3 is 2.40 bits per heavy atom. The molecule has 0 unspecified atom stereocenters. The Labute approximate surface area is 125 Å². The van der Waals surface area contributed by atoms with Crippen LogP contribution >= 0.6 is 12.2 Å². The molecular formula is C13H17N3O2S2. The number of likely N-dealkylation sites (N-methyl/N-ethyl adjacent to an activating group) is 2. The smallest absolute Gasteiger partial charge is 0.284 e. The summed E-state index contributed by atoms with van der Waals surface area (Å²) in [5.41, 5.74) is 0. The zero-order chi connectivity index (χ0) is 14.8. The highest BCUT2D eigenvalue weighted by atomic mass is 32.2. The molecule has 0 radical (unpaired) electrons. The molecule has 0 aromatic heterocycles. The van der Waals surface area contributed by atoms with Crippen molar-refractivity contribution in [3.8, 4) is 0 Å². The Hall–Kier alpha value is -1.47. The minimum absolute atomic E-state index is 0.199. The van der Waals surface area contributed by atoms with Crippen LogP contribution in [0.1, 0.15) is 13.8 Å². The predicted molar refractivity (Wildman–Crippen MR) is 83.3 cm³/mol. The first-order valence-electron chi connectivity index (χ1n) is 6.45. The molecule has 0 saturated carbocycles. The zero-order valence-electron chi connectivity index (χ0n) is 11.5. The minimum atomic E-state index is -3.68. The van der Waals surface area contributed by atoms with Crippen LogP contribution in [0.3, 0.4) is 0 Å². The van der Waals surface area contributed by atoms with Gasteiger partial charge in [0.2, 0.25) is 0 Å². The Bertz CT molecular complexity index is 626. The third kappa shape index (κ3) is 2.83. The molecule has 1 aromatic rings. The summed E-state index contributed by atoms with van der Waals surface area (Å²) in [6, 6.07) is 8.22. The van der Waals surface area contributed by atoms with E-state index >= 15 is 0 Å². The molecule has 0 bridgehead atoms. The van der Waals surface area contributed by atoms with Crippen LogP contribution < -0.4 is 0 Å². The first kappa shape index (κ1) is 14.9. The van der Waals surface area contributed by atoms with Gasteiger partial charge in [-0.3, -0.25) is 0 Å². The molecule has 1 saturated heterocycles. The molecule has 1 fully saturated rings. The van der Waals surface area contributed by atoms with Crippen molar-refractivity contribution in [3.05, 3.63) is 30.3 Å². The lowest BCUT2D eigenvalue weighted by atomic mass is 10.4. The van der Waals surface area contributed by atoms with Gasteiger partial charge < -0.3 is 9.80 Å². The SMILES string of the molecule is CCN1C/C(=N\S(=O)(=O)c2ccccc2)N(CC)C1=S. The fourth-order valence-electron chi connectivity index (χ4n) is 2.03. The standard InChI is InChI=1S/C13H17N3O2S2/c1-3-15-10-12(16(4-2)13(15)19)14-20(17,18)11-8-6-5-7-9-11/h5-9H,3-4,10H2,1-2H3/b14-12+. The monoisotopic (exact) mass is 311 g/mol. The van der Waals surface area contributed by atoms with Crippen LogP contribution in [0.25, 0.3) is 0 Å². The van der Waals surface area contributed by atoms with Gasteiger partial charge in [0.05, 0.1) is 11.4 Å². The minimum Gasteiger partial charge on any atom is -0.342 e. The first-order valence-corrected chi connectivity index (χ1v) is 8.29. The second-order valence-corrected chi connectivity index (χ2v) is 6.31. The van der Waals surface area contributed by atoms with Gasteiger partial charge in [-0.1, -0.05) is 18.2 Å². The predicted octanol–water partition coefficient (Wildman–Crippen LogP) is 1.72. The molecule has 0 N–H and O–H groups in total. The molecule has 1 aliphatic heterocycles. The third-order valence-electron chi connectivity index (χ3n) is 3.11. The lowest BCUT2D eigenvalue weighted by Crippen LogP contribution is -2.32. The Morgan fingerprint density at radius 1 is 1.20 bits per heavy atom. The van der Waals surface area contributed by atoms with E-state index in [1.807, 2.05) is 18.7 Å². The maximum Gasteiger partial charge on any atom is 0.284 e. The molecule has 0 aliphatic carbocycles. The summed E-state index contributed by atoms with van der Waals surface area (Å²) in [7, 11) is -3.68. The molecule has 5 nitrogen and oxygen atoms in total. The summed E-state index contributed by atoms with van der Waals surface area (Å²) < 4.78 is 28.5. The number of benzene rings is 1. The van der Waals surface area contributed by atoms with Crippen LogP contribution in [0.15, 0.2) is 39.6 Å².